The number of hydrogen-bond acceptors (Lipinski definition) is 3. The van der Waals surface area contributed by atoms with Gasteiger partial charge in [-0.25, -0.2) is 0 Å². The van der Waals surface area contributed by atoms with Crippen molar-refractivity contribution in [2.24, 2.45) is 0 Å². The molecule has 3 nitrogen and oxygen atoms in total. The third-order valence-electron chi connectivity index (χ3n) is 1.34. The van der Waals surface area contributed by atoms with Gasteiger partial charge in [-0.2, -0.15) is 18.3 Å². The summed E-state index contributed by atoms with van der Waals surface area (Å²) in [7, 11) is 0. The summed E-state index contributed by atoms with van der Waals surface area (Å²) < 4.78 is 36.2. The molecule has 70 valence electrons. The van der Waals surface area contributed by atoms with Crippen molar-refractivity contribution in [3.05, 3.63) is 23.5 Å². The SMILES string of the molecule is CC(=O)c1cc(C(F)(F)F)cnn1. The number of carbonyl (C=O) groups is 1. The molecule has 0 aliphatic rings. The molecule has 0 spiro atoms. The van der Waals surface area contributed by atoms with Gasteiger partial charge in [0.05, 0.1) is 11.8 Å². The van der Waals surface area contributed by atoms with Gasteiger partial charge in [0, 0.05) is 6.92 Å². The molecular weight excluding hydrogens is 185 g/mol. The van der Waals surface area contributed by atoms with E-state index in [9.17, 15) is 18.0 Å². The molecule has 0 aromatic carbocycles. The van der Waals surface area contributed by atoms with Crippen LogP contribution < -0.4 is 0 Å². The van der Waals surface area contributed by atoms with Crippen LogP contribution in [-0.2, 0) is 6.18 Å². The van der Waals surface area contributed by atoms with Crippen molar-refractivity contribution in [3.63, 3.8) is 0 Å². The average Bonchev–Trinajstić information content (AvgIpc) is 2.03. The lowest BCUT2D eigenvalue weighted by molar-refractivity contribution is -0.137. The van der Waals surface area contributed by atoms with Crippen LogP contribution in [0.2, 0.25) is 0 Å². The van der Waals surface area contributed by atoms with Crippen molar-refractivity contribution in [3.8, 4) is 0 Å². The van der Waals surface area contributed by atoms with E-state index in [1.807, 2.05) is 0 Å². The van der Waals surface area contributed by atoms with Crippen LogP contribution in [-0.4, -0.2) is 16.0 Å². The van der Waals surface area contributed by atoms with Crippen molar-refractivity contribution < 1.29 is 18.0 Å². The molecule has 0 fully saturated rings. The summed E-state index contributed by atoms with van der Waals surface area (Å²) in [4.78, 5) is 10.7. The summed E-state index contributed by atoms with van der Waals surface area (Å²) in [6.45, 7) is 1.13. The minimum Gasteiger partial charge on any atom is -0.293 e. The molecule has 0 aliphatic carbocycles. The lowest BCUT2D eigenvalue weighted by atomic mass is 10.2. The molecule has 0 unspecified atom stereocenters. The molecule has 0 bridgehead atoms. The predicted molar refractivity (Wildman–Crippen MR) is 37.0 cm³/mol. The van der Waals surface area contributed by atoms with Gasteiger partial charge in [0.2, 0.25) is 0 Å². The van der Waals surface area contributed by atoms with Gasteiger partial charge in [-0.05, 0) is 6.07 Å². The van der Waals surface area contributed by atoms with E-state index >= 15 is 0 Å². The molecule has 0 saturated heterocycles. The number of aromatic nitrogens is 2. The van der Waals surface area contributed by atoms with E-state index in [-0.39, 0.29) is 5.69 Å². The Morgan fingerprint density at radius 1 is 1.46 bits per heavy atom. The Morgan fingerprint density at radius 3 is 2.54 bits per heavy atom. The van der Waals surface area contributed by atoms with Crippen LogP contribution in [0.25, 0.3) is 0 Å². The van der Waals surface area contributed by atoms with Crippen LogP contribution in [0, 0.1) is 0 Å². The molecule has 1 heterocycles. The zero-order chi connectivity index (χ0) is 10.1. The average molecular weight is 190 g/mol. The topological polar surface area (TPSA) is 42.9 Å². The molecule has 13 heavy (non-hydrogen) atoms. The number of hydrogen-bond donors (Lipinski definition) is 0. The van der Waals surface area contributed by atoms with Crippen molar-refractivity contribution in [2.75, 3.05) is 0 Å². The fraction of sp³-hybridized carbons (Fsp3) is 0.286. The Hall–Kier alpha value is -1.46. The Kier molecular flexibility index (Phi) is 2.31. The van der Waals surface area contributed by atoms with Gasteiger partial charge in [0.25, 0.3) is 0 Å². The number of alkyl halides is 3. The molecular formula is C7H5F3N2O. The van der Waals surface area contributed by atoms with Gasteiger partial charge in [0.15, 0.2) is 5.78 Å². The minimum absolute atomic E-state index is 0.283. The Bertz CT molecular complexity index is 335. The first kappa shape index (κ1) is 9.63. The smallest absolute Gasteiger partial charge is 0.293 e. The van der Waals surface area contributed by atoms with Gasteiger partial charge < -0.3 is 0 Å². The number of rotatable bonds is 1. The molecule has 0 aliphatic heterocycles. The quantitative estimate of drug-likeness (QED) is 0.633. The molecule has 0 radical (unpaired) electrons. The molecule has 1 rings (SSSR count). The highest BCUT2D eigenvalue weighted by atomic mass is 19.4. The maximum atomic E-state index is 12.1. The van der Waals surface area contributed by atoms with Gasteiger partial charge in [-0.3, -0.25) is 4.79 Å². The Balaban J connectivity index is 3.13. The molecule has 0 N–H and O–H groups in total. The van der Waals surface area contributed by atoms with E-state index in [0.29, 0.717) is 12.3 Å². The third kappa shape index (κ3) is 2.24. The molecule has 0 saturated carbocycles. The van der Waals surface area contributed by atoms with Crippen molar-refractivity contribution >= 4 is 5.78 Å². The lowest BCUT2D eigenvalue weighted by Crippen LogP contribution is -2.09. The fourth-order valence-electron chi connectivity index (χ4n) is 0.694. The number of nitrogens with zero attached hydrogens (tertiary/aromatic N) is 2. The second kappa shape index (κ2) is 3.12. The van der Waals surface area contributed by atoms with Crippen LogP contribution in [0.1, 0.15) is 23.0 Å². The zero-order valence-electron chi connectivity index (χ0n) is 6.59. The summed E-state index contributed by atoms with van der Waals surface area (Å²) >= 11 is 0. The maximum Gasteiger partial charge on any atom is 0.418 e. The van der Waals surface area contributed by atoms with Crippen molar-refractivity contribution in [1.29, 1.82) is 0 Å². The standard InChI is InChI=1S/C7H5F3N2O/c1-4(13)6-2-5(3-11-12-6)7(8,9)10/h2-3H,1H3. The van der Waals surface area contributed by atoms with E-state index in [1.165, 1.54) is 0 Å². The number of ketones is 1. The van der Waals surface area contributed by atoms with Gasteiger partial charge in [0.1, 0.15) is 5.69 Å². The Morgan fingerprint density at radius 2 is 2.08 bits per heavy atom. The number of Topliss-reactive ketones (excluding diaryl/α,β-unsaturated/α-hetero) is 1. The van der Waals surface area contributed by atoms with Gasteiger partial charge >= 0.3 is 6.18 Å². The molecule has 0 atom stereocenters. The summed E-state index contributed by atoms with van der Waals surface area (Å²) in [5, 5.41) is 6.33. The largest absolute Gasteiger partial charge is 0.418 e. The molecule has 6 heteroatoms. The summed E-state index contributed by atoms with van der Waals surface area (Å²) in [6.07, 6.45) is -3.91. The van der Waals surface area contributed by atoms with E-state index in [0.717, 1.165) is 6.92 Å². The van der Waals surface area contributed by atoms with Crippen LogP contribution in [0.15, 0.2) is 12.3 Å². The zero-order valence-corrected chi connectivity index (χ0v) is 6.59. The summed E-state index contributed by atoms with van der Waals surface area (Å²) in [5.74, 6) is -0.543. The predicted octanol–water partition coefficient (Wildman–Crippen LogP) is 1.70. The highest BCUT2D eigenvalue weighted by Gasteiger charge is 2.31. The molecule has 1 aromatic rings. The summed E-state index contributed by atoms with van der Waals surface area (Å²) in [5.41, 5.74) is -1.25. The monoisotopic (exact) mass is 190 g/mol. The summed E-state index contributed by atoms with van der Waals surface area (Å²) in [6, 6.07) is 0.676. The van der Waals surface area contributed by atoms with Crippen LogP contribution in [0.3, 0.4) is 0 Å². The van der Waals surface area contributed by atoms with E-state index in [2.05, 4.69) is 10.2 Å². The highest BCUT2D eigenvalue weighted by molar-refractivity contribution is 5.91. The first-order valence-electron chi connectivity index (χ1n) is 3.32. The van der Waals surface area contributed by atoms with Crippen LogP contribution >= 0.6 is 0 Å². The minimum atomic E-state index is -4.49. The Labute approximate surface area is 71.6 Å². The first-order chi connectivity index (χ1) is 5.91. The number of carbonyl (C=O) groups excluding carboxylic acids is 1. The van der Waals surface area contributed by atoms with E-state index in [4.69, 9.17) is 0 Å². The van der Waals surface area contributed by atoms with Crippen molar-refractivity contribution in [1.82, 2.24) is 10.2 Å². The third-order valence-corrected chi connectivity index (χ3v) is 1.34. The lowest BCUT2D eigenvalue weighted by Gasteiger charge is -2.05. The molecule has 1 aromatic heterocycles. The first-order valence-corrected chi connectivity index (χ1v) is 3.32. The van der Waals surface area contributed by atoms with E-state index in [1.54, 1.807) is 0 Å². The van der Waals surface area contributed by atoms with Gasteiger partial charge in [-0.15, -0.1) is 5.10 Å². The van der Waals surface area contributed by atoms with Crippen molar-refractivity contribution in [2.45, 2.75) is 13.1 Å². The fourth-order valence-corrected chi connectivity index (χ4v) is 0.694. The van der Waals surface area contributed by atoms with Crippen LogP contribution in [0.4, 0.5) is 13.2 Å². The number of halogens is 3. The maximum absolute atomic E-state index is 12.1. The van der Waals surface area contributed by atoms with Gasteiger partial charge in [-0.1, -0.05) is 0 Å². The van der Waals surface area contributed by atoms with Crippen LogP contribution in [0.5, 0.6) is 0 Å². The second-order valence-electron chi connectivity index (χ2n) is 2.38. The highest BCUT2D eigenvalue weighted by Crippen LogP contribution is 2.28. The normalized spacial score (nSPS) is 11.4. The second-order valence-corrected chi connectivity index (χ2v) is 2.38. The van der Waals surface area contributed by atoms with E-state index < -0.39 is 17.5 Å². The molecule has 0 amide bonds.